The first kappa shape index (κ1) is 9.93. The van der Waals surface area contributed by atoms with Crippen molar-refractivity contribution in [2.24, 2.45) is 0 Å². The van der Waals surface area contributed by atoms with Crippen molar-refractivity contribution in [2.75, 3.05) is 32.8 Å². The molecule has 0 aromatic heterocycles. The van der Waals surface area contributed by atoms with Crippen molar-refractivity contribution in [3.8, 4) is 0 Å². The summed E-state index contributed by atoms with van der Waals surface area (Å²) >= 11 is 0. The van der Waals surface area contributed by atoms with Gasteiger partial charge in [-0.15, -0.1) is 0 Å². The number of nitrogens with zero attached hydrogens (tertiary/aromatic N) is 1. The van der Waals surface area contributed by atoms with Gasteiger partial charge in [0.25, 0.3) is 5.91 Å². The van der Waals surface area contributed by atoms with Crippen LogP contribution in [0.25, 0.3) is 0 Å². The molecule has 1 unspecified atom stereocenters. The van der Waals surface area contributed by atoms with Gasteiger partial charge in [0.15, 0.2) is 0 Å². The van der Waals surface area contributed by atoms with Gasteiger partial charge in [-0.3, -0.25) is 4.79 Å². The van der Waals surface area contributed by atoms with Gasteiger partial charge in [0.1, 0.15) is 5.60 Å². The number of carbonyl (C=O) groups is 1. The van der Waals surface area contributed by atoms with Crippen LogP contribution in [0.15, 0.2) is 0 Å². The fourth-order valence-electron chi connectivity index (χ4n) is 2.15. The van der Waals surface area contributed by atoms with Gasteiger partial charge in [0, 0.05) is 32.8 Å². The monoisotopic (exact) mass is 198 g/mol. The van der Waals surface area contributed by atoms with Crippen LogP contribution in [-0.4, -0.2) is 49.2 Å². The summed E-state index contributed by atoms with van der Waals surface area (Å²) in [4.78, 5) is 14.0. The van der Waals surface area contributed by atoms with Gasteiger partial charge in [-0.2, -0.15) is 0 Å². The summed E-state index contributed by atoms with van der Waals surface area (Å²) in [6.45, 7) is 6.10. The largest absolute Gasteiger partial charge is 0.365 e. The number of rotatable bonds is 1. The number of amides is 1. The van der Waals surface area contributed by atoms with E-state index in [-0.39, 0.29) is 5.91 Å². The second-order valence-corrected chi connectivity index (χ2v) is 4.23. The first-order valence-corrected chi connectivity index (χ1v) is 5.36. The lowest BCUT2D eigenvalue weighted by Gasteiger charge is -2.33. The highest BCUT2D eigenvalue weighted by atomic mass is 16.5. The molecule has 14 heavy (non-hydrogen) atoms. The summed E-state index contributed by atoms with van der Waals surface area (Å²) < 4.78 is 5.54. The minimum atomic E-state index is -0.530. The second kappa shape index (κ2) is 3.87. The van der Waals surface area contributed by atoms with E-state index in [4.69, 9.17) is 4.74 Å². The van der Waals surface area contributed by atoms with Crippen LogP contribution >= 0.6 is 0 Å². The van der Waals surface area contributed by atoms with Gasteiger partial charge in [0.05, 0.1) is 0 Å². The quantitative estimate of drug-likeness (QED) is 0.644. The van der Waals surface area contributed by atoms with Gasteiger partial charge < -0.3 is 15.0 Å². The van der Waals surface area contributed by atoms with E-state index in [0.717, 1.165) is 45.6 Å². The van der Waals surface area contributed by atoms with Crippen LogP contribution in [0.5, 0.6) is 0 Å². The fourth-order valence-corrected chi connectivity index (χ4v) is 2.15. The van der Waals surface area contributed by atoms with Gasteiger partial charge in [-0.1, -0.05) is 0 Å². The molecule has 0 aliphatic carbocycles. The molecule has 1 atom stereocenters. The van der Waals surface area contributed by atoms with E-state index in [0.29, 0.717) is 0 Å². The van der Waals surface area contributed by atoms with Gasteiger partial charge in [0.2, 0.25) is 0 Å². The standard InChI is InChI=1S/C10H18N2O2/c1-10(3-2-8-14-10)9(13)12-6-4-11-5-7-12/h11H,2-8H2,1H3. The highest BCUT2D eigenvalue weighted by Gasteiger charge is 2.40. The molecule has 1 amide bonds. The van der Waals surface area contributed by atoms with E-state index in [1.807, 2.05) is 11.8 Å². The topological polar surface area (TPSA) is 41.6 Å². The Labute approximate surface area is 84.6 Å². The number of nitrogens with one attached hydrogen (secondary N) is 1. The molecular formula is C10H18N2O2. The third-order valence-electron chi connectivity index (χ3n) is 3.08. The zero-order valence-electron chi connectivity index (χ0n) is 8.71. The summed E-state index contributed by atoms with van der Waals surface area (Å²) in [5.74, 6) is 0.177. The van der Waals surface area contributed by atoms with Gasteiger partial charge in [-0.25, -0.2) is 0 Å². The van der Waals surface area contributed by atoms with Crippen LogP contribution in [0, 0.1) is 0 Å². The highest BCUT2D eigenvalue weighted by molar-refractivity contribution is 5.85. The average Bonchev–Trinajstić information content (AvgIpc) is 2.67. The smallest absolute Gasteiger partial charge is 0.254 e. The number of carbonyl (C=O) groups excluding carboxylic acids is 1. The van der Waals surface area contributed by atoms with Crippen LogP contribution in [0.3, 0.4) is 0 Å². The Hall–Kier alpha value is -0.610. The van der Waals surface area contributed by atoms with Crippen LogP contribution < -0.4 is 5.32 Å². The van der Waals surface area contributed by atoms with Crippen molar-refractivity contribution < 1.29 is 9.53 Å². The first-order chi connectivity index (χ1) is 6.72. The molecule has 2 aliphatic heterocycles. The summed E-state index contributed by atoms with van der Waals surface area (Å²) in [6, 6.07) is 0. The Morgan fingerprint density at radius 1 is 1.43 bits per heavy atom. The Kier molecular flexibility index (Phi) is 2.74. The van der Waals surface area contributed by atoms with E-state index in [9.17, 15) is 4.79 Å². The molecule has 4 nitrogen and oxygen atoms in total. The molecule has 0 spiro atoms. The Balaban J connectivity index is 1.98. The molecule has 2 heterocycles. The molecule has 0 radical (unpaired) electrons. The van der Waals surface area contributed by atoms with E-state index in [1.165, 1.54) is 0 Å². The number of ether oxygens (including phenoxy) is 1. The van der Waals surface area contributed by atoms with Gasteiger partial charge in [-0.05, 0) is 19.8 Å². The molecule has 0 aromatic carbocycles. The molecule has 0 bridgehead atoms. The molecule has 0 saturated carbocycles. The van der Waals surface area contributed by atoms with E-state index in [2.05, 4.69) is 5.32 Å². The summed E-state index contributed by atoms with van der Waals surface area (Å²) in [5.41, 5.74) is -0.530. The lowest BCUT2D eigenvalue weighted by atomic mass is 10.0. The average molecular weight is 198 g/mol. The van der Waals surface area contributed by atoms with E-state index < -0.39 is 5.60 Å². The maximum atomic E-state index is 12.1. The number of piperazine rings is 1. The zero-order valence-corrected chi connectivity index (χ0v) is 8.71. The van der Waals surface area contributed by atoms with Crippen molar-refractivity contribution in [1.82, 2.24) is 10.2 Å². The number of hydrogen-bond donors (Lipinski definition) is 1. The van der Waals surface area contributed by atoms with Crippen LogP contribution in [0.4, 0.5) is 0 Å². The third-order valence-corrected chi connectivity index (χ3v) is 3.08. The lowest BCUT2D eigenvalue weighted by molar-refractivity contribution is -0.151. The Bertz CT molecular complexity index is 218. The highest BCUT2D eigenvalue weighted by Crippen LogP contribution is 2.27. The maximum absolute atomic E-state index is 12.1. The molecular weight excluding hydrogens is 180 g/mol. The first-order valence-electron chi connectivity index (χ1n) is 5.36. The molecule has 0 aromatic rings. The van der Waals surface area contributed by atoms with Crippen molar-refractivity contribution >= 4 is 5.91 Å². The maximum Gasteiger partial charge on any atom is 0.254 e. The molecule has 1 N–H and O–H groups in total. The van der Waals surface area contributed by atoms with Crippen LogP contribution in [0.1, 0.15) is 19.8 Å². The van der Waals surface area contributed by atoms with Gasteiger partial charge >= 0.3 is 0 Å². The predicted molar refractivity (Wildman–Crippen MR) is 53.0 cm³/mol. The van der Waals surface area contributed by atoms with Crippen molar-refractivity contribution in [1.29, 1.82) is 0 Å². The molecule has 2 aliphatic rings. The van der Waals surface area contributed by atoms with Crippen LogP contribution in [0.2, 0.25) is 0 Å². The third kappa shape index (κ3) is 1.77. The Morgan fingerprint density at radius 3 is 2.71 bits per heavy atom. The fraction of sp³-hybridized carbons (Fsp3) is 0.900. The minimum absolute atomic E-state index is 0.177. The summed E-state index contributed by atoms with van der Waals surface area (Å²) in [7, 11) is 0. The summed E-state index contributed by atoms with van der Waals surface area (Å²) in [6.07, 6.45) is 1.88. The molecule has 80 valence electrons. The normalized spacial score (nSPS) is 33.4. The SMILES string of the molecule is CC1(C(=O)N2CCNCC2)CCCO1. The molecule has 2 fully saturated rings. The van der Waals surface area contributed by atoms with Crippen LogP contribution in [-0.2, 0) is 9.53 Å². The van der Waals surface area contributed by atoms with E-state index >= 15 is 0 Å². The van der Waals surface area contributed by atoms with Crippen molar-refractivity contribution in [2.45, 2.75) is 25.4 Å². The predicted octanol–water partition coefficient (Wildman–Crippen LogP) is -0.0127. The number of hydrogen-bond acceptors (Lipinski definition) is 3. The zero-order chi connectivity index (χ0) is 10.0. The molecule has 2 saturated heterocycles. The molecule has 4 heteroatoms. The Morgan fingerprint density at radius 2 is 2.14 bits per heavy atom. The lowest BCUT2D eigenvalue weighted by Crippen LogP contribution is -2.53. The van der Waals surface area contributed by atoms with E-state index in [1.54, 1.807) is 0 Å². The van der Waals surface area contributed by atoms with Crippen molar-refractivity contribution in [3.63, 3.8) is 0 Å². The second-order valence-electron chi connectivity index (χ2n) is 4.23. The van der Waals surface area contributed by atoms with Crippen molar-refractivity contribution in [3.05, 3.63) is 0 Å². The molecule has 2 rings (SSSR count). The summed E-state index contributed by atoms with van der Waals surface area (Å²) in [5, 5.41) is 3.24. The minimum Gasteiger partial charge on any atom is -0.365 e.